The first-order valence-electron chi connectivity index (χ1n) is 13.1. The number of anilines is 2. The zero-order valence-corrected chi connectivity index (χ0v) is 22.5. The maximum Gasteiger partial charge on any atom is 0.410 e. The normalized spacial score (nSPS) is 17.7. The van der Waals surface area contributed by atoms with Crippen molar-refractivity contribution in [2.45, 2.75) is 59.1 Å². The van der Waals surface area contributed by atoms with Crippen molar-refractivity contribution in [3.63, 3.8) is 0 Å². The van der Waals surface area contributed by atoms with Gasteiger partial charge >= 0.3 is 12.1 Å². The summed E-state index contributed by atoms with van der Waals surface area (Å²) in [7, 11) is 0. The Morgan fingerprint density at radius 2 is 1.78 bits per heavy atom. The highest BCUT2D eigenvalue weighted by Gasteiger charge is 2.36. The van der Waals surface area contributed by atoms with E-state index in [1.807, 2.05) is 52.0 Å². The van der Waals surface area contributed by atoms with Gasteiger partial charge in [-0.2, -0.15) is 0 Å². The van der Waals surface area contributed by atoms with Gasteiger partial charge in [0.05, 0.1) is 24.9 Å². The highest BCUT2D eigenvalue weighted by atomic mass is 16.6. The monoisotopic (exact) mass is 510 g/mol. The number of hydrogen-bond acceptors (Lipinski definition) is 7. The summed E-state index contributed by atoms with van der Waals surface area (Å²) in [4.78, 5) is 39.1. The minimum atomic E-state index is -0.574. The van der Waals surface area contributed by atoms with Crippen LogP contribution >= 0.6 is 0 Å². The Bertz CT molecular complexity index is 1110. The van der Waals surface area contributed by atoms with Crippen molar-refractivity contribution in [2.75, 3.05) is 49.6 Å². The van der Waals surface area contributed by atoms with Crippen LogP contribution in [0.5, 0.6) is 0 Å². The predicted octanol–water partition coefficient (Wildman–Crippen LogP) is 4.37. The molecule has 10 nitrogen and oxygen atoms in total. The van der Waals surface area contributed by atoms with E-state index in [4.69, 9.17) is 19.4 Å². The van der Waals surface area contributed by atoms with E-state index in [1.165, 1.54) is 0 Å². The summed E-state index contributed by atoms with van der Waals surface area (Å²) in [6.45, 7) is 13.5. The molecule has 37 heavy (non-hydrogen) atoms. The second-order valence-corrected chi connectivity index (χ2v) is 10.2. The Hall–Kier alpha value is -3.40. The van der Waals surface area contributed by atoms with E-state index in [2.05, 4.69) is 22.5 Å². The van der Waals surface area contributed by atoms with Crippen molar-refractivity contribution in [1.82, 2.24) is 20.2 Å². The topological polar surface area (TPSA) is 109 Å². The van der Waals surface area contributed by atoms with Gasteiger partial charge in [0.25, 0.3) is 0 Å². The number of aromatic nitrogens is 2. The van der Waals surface area contributed by atoms with Crippen LogP contribution in [0, 0.1) is 0 Å². The zero-order chi connectivity index (χ0) is 26.6. The summed E-state index contributed by atoms with van der Waals surface area (Å²) in [6, 6.07) is 7.03. The molecule has 2 aromatic rings. The number of carbonyl (C=O) groups excluding carboxylic acids is 2. The van der Waals surface area contributed by atoms with Crippen LogP contribution in [0.1, 0.15) is 58.3 Å². The van der Waals surface area contributed by atoms with Crippen molar-refractivity contribution in [3.8, 4) is 11.4 Å². The number of fused-ring (bicyclic) bond motifs is 1. The highest BCUT2D eigenvalue weighted by molar-refractivity contribution is 5.89. The SMILES string of the molecule is CCNC(=O)Nc1ccc(-c2nc3c(c(N4CCOCC4)n2)CCN(C(=O)OC(C)(C)C)C3CC)cc1. The highest BCUT2D eigenvalue weighted by Crippen LogP contribution is 2.38. The summed E-state index contributed by atoms with van der Waals surface area (Å²) in [5, 5.41) is 5.54. The minimum Gasteiger partial charge on any atom is -0.444 e. The van der Waals surface area contributed by atoms with E-state index < -0.39 is 5.60 Å². The Morgan fingerprint density at radius 3 is 2.41 bits per heavy atom. The number of nitrogens with zero attached hydrogens (tertiary/aromatic N) is 4. The molecule has 1 unspecified atom stereocenters. The fourth-order valence-corrected chi connectivity index (χ4v) is 4.70. The molecule has 10 heteroatoms. The van der Waals surface area contributed by atoms with Crippen LogP contribution in [0.4, 0.5) is 21.1 Å². The van der Waals surface area contributed by atoms with Gasteiger partial charge in [0, 0.05) is 43.0 Å². The van der Waals surface area contributed by atoms with Crippen molar-refractivity contribution >= 4 is 23.6 Å². The molecule has 0 radical (unpaired) electrons. The molecule has 0 aliphatic carbocycles. The van der Waals surface area contributed by atoms with E-state index in [9.17, 15) is 9.59 Å². The molecule has 4 rings (SSSR count). The number of rotatable bonds is 5. The molecule has 2 aliphatic heterocycles. The molecule has 0 spiro atoms. The quantitative estimate of drug-likeness (QED) is 0.615. The molecule has 0 saturated carbocycles. The molecule has 1 atom stereocenters. The summed E-state index contributed by atoms with van der Waals surface area (Å²) in [6.07, 6.45) is 1.05. The van der Waals surface area contributed by atoms with Gasteiger partial charge in [0.15, 0.2) is 5.82 Å². The summed E-state index contributed by atoms with van der Waals surface area (Å²) >= 11 is 0. The lowest BCUT2D eigenvalue weighted by molar-refractivity contribution is 0.0131. The molecular weight excluding hydrogens is 472 g/mol. The maximum atomic E-state index is 13.1. The number of urea groups is 1. The van der Waals surface area contributed by atoms with Gasteiger partial charge in [-0.1, -0.05) is 6.92 Å². The van der Waals surface area contributed by atoms with E-state index in [1.54, 1.807) is 4.90 Å². The lowest BCUT2D eigenvalue weighted by Crippen LogP contribution is -2.44. The maximum absolute atomic E-state index is 13.1. The second-order valence-electron chi connectivity index (χ2n) is 10.2. The Morgan fingerprint density at radius 1 is 1.08 bits per heavy atom. The van der Waals surface area contributed by atoms with Gasteiger partial charge in [-0.15, -0.1) is 0 Å². The van der Waals surface area contributed by atoms with Crippen LogP contribution in [0.3, 0.4) is 0 Å². The van der Waals surface area contributed by atoms with Crippen molar-refractivity contribution in [2.24, 2.45) is 0 Å². The summed E-state index contributed by atoms with van der Waals surface area (Å²) in [5.41, 5.74) is 2.91. The summed E-state index contributed by atoms with van der Waals surface area (Å²) < 4.78 is 11.3. The van der Waals surface area contributed by atoms with Crippen LogP contribution in [0.15, 0.2) is 24.3 Å². The number of benzene rings is 1. The predicted molar refractivity (Wildman–Crippen MR) is 143 cm³/mol. The van der Waals surface area contributed by atoms with E-state index in [-0.39, 0.29) is 18.2 Å². The Kier molecular flexibility index (Phi) is 8.16. The molecule has 1 fully saturated rings. The minimum absolute atomic E-state index is 0.209. The van der Waals surface area contributed by atoms with E-state index in [0.717, 1.165) is 35.7 Å². The van der Waals surface area contributed by atoms with E-state index >= 15 is 0 Å². The molecule has 0 bridgehead atoms. The van der Waals surface area contributed by atoms with Crippen LogP contribution in [-0.2, 0) is 15.9 Å². The molecule has 3 heterocycles. The standard InChI is InChI=1S/C27H38N6O4/c1-6-21-22-20(12-13-33(21)26(35)37-27(3,4)5)24(32-14-16-36-17-15-32)31-23(30-22)18-8-10-19(11-9-18)29-25(34)28-7-2/h8-11,21H,6-7,12-17H2,1-5H3,(H2,28,29,34). The molecule has 200 valence electrons. The van der Waals surface area contributed by atoms with Crippen LogP contribution in [0.2, 0.25) is 0 Å². The third kappa shape index (κ3) is 6.30. The van der Waals surface area contributed by atoms with Crippen molar-refractivity contribution in [1.29, 1.82) is 0 Å². The second kappa shape index (κ2) is 11.3. The lowest BCUT2D eigenvalue weighted by atomic mass is 9.95. The fraction of sp³-hybridized carbons (Fsp3) is 0.556. The fourth-order valence-electron chi connectivity index (χ4n) is 4.70. The van der Waals surface area contributed by atoms with Crippen LogP contribution in [0.25, 0.3) is 11.4 Å². The van der Waals surface area contributed by atoms with Gasteiger partial charge in [-0.25, -0.2) is 19.6 Å². The molecule has 1 saturated heterocycles. The third-order valence-electron chi connectivity index (χ3n) is 6.38. The number of morpholine rings is 1. The number of amides is 3. The molecule has 2 N–H and O–H groups in total. The molecule has 3 amide bonds. The van der Waals surface area contributed by atoms with Gasteiger partial charge in [0.1, 0.15) is 11.4 Å². The summed E-state index contributed by atoms with van der Waals surface area (Å²) in [5.74, 6) is 1.50. The Balaban J connectivity index is 1.72. The first-order valence-corrected chi connectivity index (χ1v) is 13.1. The lowest BCUT2D eigenvalue weighted by Gasteiger charge is -2.39. The van der Waals surface area contributed by atoms with Crippen molar-refractivity contribution < 1.29 is 19.1 Å². The zero-order valence-electron chi connectivity index (χ0n) is 22.5. The van der Waals surface area contributed by atoms with Crippen LogP contribution < -0.4 is 15.5 Å². The van der Waals surface area contributed by atoms with Gasteiger partial charge < -0.3 is 25.0 Å². The van der Waals surface area contributed by atoms with Gasteiger partial charge in [-0.05, 0) is 64.8 Å². The van der Waals surface area contributed by atoms with Gasteiger partial charge in [0.2, 0.25) is 0 Å². The Labute approximate surface area is 218 Å². The number of carbonyl (C=O) groups is 2. The van der Waals surface area contributed by atoms with Gasteiger partial charge in [-0.3, -0.25) is 4.90 Å². The number of ether oxygens (including phenoxy) is 2. The van der Waals surface area contributed by atoms with E-state index in [0.29, 0.717) is 50.7 Å². The first kappa shape index (κ1) is 26.7. The molecule has 1 aromatic heterocycles. The van der Waals surface area contributed by atoms with Crippen molar-refractivity contribution in [3.05, 3.63) is 35.5 Å². The average molecular weight is 511 g/mol. The molecule has 2 aliphatic rings. The number of hydrogen-bond donors (Lipinski definition) is 2. The smallest absolute Gasteiger partial charge is 0.410 e. The molecular formula is C27H38N6O4. The van der Waals surface area contributed by atoms with Crippen LogP contribution in [-0.4, -0.2) is 72.0 Å². The average Bonchev–Trinajstić information content (AvgIpc) is 2.87. The molecule has 1 aromatic carbocycles. The largest absolute Gasteiger partial charge is 0.444 e. The first-order chi connectivity index (χ1) is 17.7. The number of nitrogens with one attached hydrogen (secondary N) is 2. The third-order valence-corrected chi connectivity index (χ3v) is 6.38.